The average molecular weight is 672 g/mol. The summed E-state index contributed by atoms with van der Waals surface area (Å²) in [6.45, 7) is 0.378. The highest BCUT2D eigenvalue weighted by Crippen LogP contribution is 2.46. The lowest BCUT2D eigenvalue weighted by Gasteiger charge is -2.39. The van der Waals surface area contributed by atoms with Gasteiger partial charge in [-0.15, -0.1) is 0 Å². The molecule has 8 rings (SSSR count). The average Bonchev–Trinajstić information content (AvgIpc) is 3.95. The van der Waals surface area contributed by atoms with Gasteiger partial charge in [-0.25, -0.2) is 18.1 Å². The van der Waals surface area contributed by atoms with Gasteiger partial charge in [-0.3, -0.25) is 4.79 Å². The van der Waals surface area contributed by atoms with Crippen LogP contribution in [0.15, 0.2) is 47.0 Å². The molecule has 46 heavy (non-hydrogen) atoms. The first kappa shape index (κ1) is 29.9. The minimum Gasteiger partial charge on any atom is -0.360 e. The highest BCUT2D eigenvalue weighted by molar-refractivity contribution is 7.91. The lowest BCUT2D eigenvalue weighted by Crippen LogP contribution is -2.49. The van der Waals surface area contributed by atoms with E-state index in [9.17, 15) is 26.4 Å². The molecule has 4 aromatic rings. The molecule has 242 valence electrons. The normalized spacial score (nSPS) is 23.3. The fraction of sp³-hybridized carbons (Fsp3) is 0.469. The fourth-order valence-corrected chi connectivity index (χ4v) is 9.47. The Balaban J connectivity index is 0.980. The van der Waals surface area contributed by atoms with Gasteiger partial charge >= 0.3 is 6.18 Å². The standard InChI is InChI=1S/C32H32F3N5O4S2/c33-32(34,35)25-4-2-1-3-23(25)28-24(29(44-38-28)17-5-6-17)16-36-19-14-20-8-9-21(15-19)40(20)31-37-26-12-7-18(13-27(26)45-31)30(41)39-46(42,43)22-10-11-22/h1-4,7,12-13,17,19-22,36H,5-6,8-11,14-16H2,(H,39,41). The van der Waals surface area contributed by atoms with Gasteiger partial charge in [0.2, 0.25) is 10.0 Å². The van der Waals surface area contributed by atoms with Gasteiger partial charge in [0.1, 0.15) is 11.5 Å². The van der Waals surface area contributed by atoms with Crippen molar-refractivity contribution >= 4 is 42.6 Å². The van der Waals surface area contributed by atoms with Crippen molar-refractivity contribution < 1.29 is 30.9 Å². The molecular weight excluding hydrogens is 640 g/mol. The zero-order chi connectivity index (χ0) is 31.8. The van der Waals surface area contributed by atoms with Gasteiger partial charge in [0.05, 0.1) is 21.0 Å². The summed E-state index contributed by atoms with van der Waals surface area (Å²) in [6, 6.07) is 11.3. The molecule has 14 heteroatoms. The van der Waals surface area contributed by atoms with Crippen LogP contribution in [-0.4, -0.2) is 47.8 Å². The van der Waals surface area contributed by atoms with Crippen LogP contribution in [0.4, 0.5) is 18.3 Å². The molecule has 1 amide bonds. The summed E-state index contributed by atoms with van der Waals surface area (Å²) >= 11 is 1.50. The molecule has 0 radical (unpaired) electrons. The Morgan fingerprint density at radius 2 is 1.76 bits per heavy atom. The summed E-state index contributed by atoms with van der Waals surface area (Å²) in [5, 5.41) is 8.21. The van der Waals surface area contributed by atoms with Crippen LogP contribution in [0.25, 0.3) is 21.5 Å². The van der Waals surface area contributed by atoms with Crippen LogP contribution in [0.5, 0.6) is 0 Å². The molecule has 2 saturated heterocycles. The first-order chi connectivity index (χ1) is 22.0. The van der Waals surface area contributed by atoms with Crippen LogP contribution in [0.1, 0.15) is 84.5 Å². The molecule has 2 saturated carbocycles. The lowest BCUT2D eigenvalue weighted by atomic mass is 9.96. The zero-order valence-electron chi connectivity index (χ0n) is 24.7. The summed E-state index contributed by atoms with van der Waals surface area (Å²) in [4.78, 5) is 19.9. The van der Waals surface area contributed by atoms with Crippen LogP contribution in [0, 0.1) is 0 Å². The van der Waals surface area contributed by atoms with E-state index in [2.05, 4.69) is 20.1 Å². The number of halogens is 3. The van der Waals surface area contributed by atoms with Crippen molar-refractivity contribution in [1.29, 1.82) is 0 Å². The largest absolute Gasteiger partial charge is 0.417 e. The van der Waals surface area contributed by atoms with Crippen LogP contribution < -0.4 is 14.9 Å². The van der Waals surface area contributed by atoms with E-state index in [4.69, 9.17) is 9.51 Å². The maximum absolute atomic E-state index is 13.9. The summed E-state index contributed by atoms with van der Waals surface area (Å²) in [5.74, 6) is 0.258. The molecule has 2 aromatic heterocycles. The molecule has 2 atom stereocenters. The maximum Gasteiger partial charge on any atom is 0.417 e. The molecule has 2 unspecified atom stereocenters. The monoisotopic (exact) mass is 671 g/mol. The maximum atomic E-state index is 13.9. The van der Waals surface area contributed by atoms with Gasteiger partial charge < -0.3 is 14.7 Å². The van der Waals surface area contributed by atoms with Gasteiger partial charge in [0, 0.05) is 47.3 Å². The molecule has 4 heterocycles. The van der Waals surface area contributed by atoms with E-state index in [1.165, 1.54) is 23.5 Å². The highest BCUT2D eigenvalue weighted by Gasteiger charge is 2.43. The number of piperidine rings is 1. The van der Waals surface area contributed by atoms with E-state index in [1.54, 1.807) is 24.3 Å². The first-order valence-electron chi connectivity index (χ1n) is 15.7. The van der Waals surface area contributed by atoms with Gasteiger partial charge in [-0.1, -0.05) is 34.7 Å². The van der Waals surface area contributed by atoms with Gasteiger partial charge in [-0.2, -0.15) is 13.2 Å². The number of amides is 1. The lowest BCUT2D eigenvalue weighted by molar-refractivity contribution is -0.137. The summed E-state index contributed by atoms with van der Waals surface area (Å²) in [7, 11) is -3.64. The van der Waals surface area contributed by atoms with E-state index in [-0.39, 0.29) is 40.9 Å². The molecule has 2 aliphatic carbocycles. The number of rotatable bonds is 9. The van der Waals surface area contributed by atoms with Crippen molar-refractivity contribution in [3.63, 3.8) is 0 Å². The van der Waals surface area contributed by atoms with Crippen molar-refractivity contribution in [3.8, 4) is 11.3 Å². The van der Waals surface area contributed by atoms with Crippen LogP contribution in [0.3, 0.4) is 0 Å². The van der Waals surface area contributed by atoms with Gasteiger partial charge in [0.25, 0.3) is 5.91 Å². The number of anilines is 1. The number of nitrogens with one attached hydrogen (secondary N) is 2. The number of aromatic nitrogens is 2. The summed E-state index contributed by atoms with van der Waals surface area (Å²) in [6.07, 6.45) is 2.28. The summed E-state index contributed by atoms with van der Waals surface area (Å²) < 4.78 is 74.8. The molecule has 0 spiro atoms. The van der Waals surface area contributed by atoms with E-state index < -0.39 is 32.9 Å². The number of benzene rings is 2. The third kappa shape index (κ3) is 5.57. The number of nitrogens with zero attached hydrogens (tertiary/aromatic N) is 3. The highest BCUT2D eigenvalue weighted by atomic mass is 32.2. The molecule has 2 aromatic carbocycles. The first-order valence-corrected chi connectivity index (χ1v) is 18.0. The molecule has 2 N–H and O–H groups in total. The van der Waals surface area contributed by atoms with E-state index >= 15 is 0 Å². The fourth-order valence-electron chi connectivity index (χ4n) is 7.02. The van der Waals surface area contributed by atoms with Crippen molar-refractivity contribution in [2.24, 2.45) is 0 Å². The second-order valence-electron chi connectivity index (χ2n) is 12.9. The van der Waals surface area contributed by atoms with E-state index in [1.807, 2.05) is 0 Å². The predicted molar refractivity (Wildman–Crippen MR) is 167 cm³/mol. The number of carbonyl (C=O) groups is 1. The molecule has 2 bridgehead atoms. The minimum absolute atomic E-state index is 0.0401. The topological polar surface area (TPSA) is 117 Å². The molecule has 2 aliphatic heterocycles. The third-order valence-electron chi connectivity index (χ3n) is 9.61. The number of carbonyl (C=O) groups excluding carboxylic acids is 1. The van der Waals surface area contributed by atoms with Crippen LogP contribution in [0.2, 0.25) is 0 Å². The van der Waals surface area contributed by atoms with Gasteiger partial charge in [-0.05, 0) is 75.6 Å². The molecule has 9 nitrogen and oxygen atoms in total. The smallest absolute Gasteiger partial charge is 0.360 e. The minimum atomic E-state index is -4.50. The second-order valence-corrected chi connectivity index (χ2v) is 15.9. The van der Waals surface area contributed by atoms with Crippen molar-refractivity contribution in [2.45, 2.75) is 93.4 Å². The molecule has 4 fully saturated rings. The number of thiazole rings is 1. The summed E-state index contributed by atoms with van der Waals surface area (Å²) in [5.41, 5.74) is 1.34. The Morgan fingerprint density at radius 1 is 1.02 bits per heavy atom. The van der Waals surface area contributed by atoms with E-state index in [0.717, 1.165) is 59.9 Å². The number of alkyl halides is 3. The Hall–Kier alpha value is -3.49. The van der Waals surface area contributed by atoms with Crippen LogP contribution >= 0.6 is 11.3 Å². The number of hydrogen-bond donors (Lipinski definition) is 2. The second kappa shape index (κ2) is 11.1. The SMILES string of the molecule is O=C(NS(=O)(=O)C1CC1)c1ccc2nc(N3C4CCC3CC(NCc3c(-c5ccccc5C(F)(F)F)noc3C3CC3)C4)sc2c1. The molecule has 4 aliphatic rings. The van der Waals surface area contributed by atoms with Crippen LogP contribution in [-0.2, 0) is 22.7 Å². The predicted octanol–water partition coefficient (Wildman–Crippen LogP) is 6.36. The van der Waals surface area contributed by atoms with Crippen molar-refractivity contribution in [3.05, 3.63) is 64.9 Å². The van der Waals surface area contributed by atoms with Crippen molar-refractivity contribution in [1.82, 2.24) is 20.2 Å². The van der Waals surface area contributed by atoms with Crippen molar-refractivity contribution in [2.75, 3.05) is 4.90 Å². The van der Waals surface area contributed by atoms with Gasteiger partial charge in [0.15, 0.2) is 5.13 Å². The van der Waals surface area contributed by atoms with E-state index in [0.29, 0.717) is 30.7 Å². The number of hydrogen-bond acceptors (Lipinski definition) is 9. The Kier molecular flexibility index (Phi) is 7.18. The zero-order valence-corrected chi connectivity index (χ0v) is 26.4. The Bertz CT molecular complexity index is 1920. The quantitative estimate of drug-likeness (QED) is 0.211. The Labute approximate surface area is 267 Å². The molecular formula is C32H32F3N5O4S2. The number of sulfonamides is 1. The third-order valence-corrected chi connectivity index (χ3v) is 12.5. The Morgan fingerprint density at radius 3 is 2.46 bits per heavy atom. The number of fused-ring (bicyclic) bond motifs is 3.